The molecule has 0 spiro atoms. The lowest BCUT2D eigenvalue weighted by Gasteiger charge is -2.19. The van der Waals surface area contributed by atoms with Gasteiger partial charge in [-0.1, -0.05) is 70.2 Å². The van der Waals surface area contributed by atoms with Crippen molar-refractivity contribution in [3.8, 4) is 0 Å². The van der Waals surface area contributed by atoms with E-state index in [1.807, 2.05) is 0 Å². The molecule has 1 heteroatoms. The Morgan fingerprint density at radius 1 is 0.905 bits per heavy atom. The topological polar surface area (TPSA) is 12.0 Å². The molecule has 0 saturated heterocycles. The molecule has 0 amide bonds. The van der Waals surface area contributed by atoms with E-state index in [-0.39, 0.29) is 5.41 Å². The summed E-state index contributed by atoms with van der Waals surface area (Å²) in [7, 11) is 0. The Kier molecular flexibility index (Phi) is 5.06. The normalized spacial score (nSPS) is 13.0. The van der Waals surface area contributed by atoms with Gasteiger partial charge in [0.25, 0.3) is 0 Å². The summed E-state index contributed by atoms with van der Waals surface area (Å²) in [4.78, 5) is 0. The van der Waals surface area contributed by atoms with E-state index >= 15 is 0 Å². The van der Waals surface area contributed by atoms with Crippen LogP contribution in [0.4, 0.5) is 5.69 Å². The molecule has 2 rings (SSSR count). The molecule has 0 fully saturated rings. The standard InChI is InChI=1S/C20H27N/c1-16(17-8-6-5-7-9-17)14-15-21-19-12-10-18(11-13-19)20(2,3)4/h5-13,16,21H,14-15H2,1-4H3. The lowest BCUT2D eigenvalue weighted by atomic mass is 9.87. The van der Waals surface area contributed by atoms with Crippen molar-refractivity contribution in [2.75, 3.05) is 11.9 Å². The van der Waals surface area contributed by atoms with Gasteiger partial charge < -0.3 is 5.32 Å². The van der Waals surface area contributed by atoms with Gasteiger partial charge in [-0.25, -0.2) is 0 Å². The summed E-state index contributed by atoms with van der Waals surface area (Å²) in [5, 5.41) is 3.52. The fourth-order valence-corrected chi connectivity index (χ4v) is 2.47. The predicted octanol–water partition coefficient (Wildman–Crippen LogP) is 5.59. The third-order valence-electron chi connectivity index (χ3n) is 4.03. The van der Waals surface area contributed by atoms with Crippen molar-refractivity contribution in [2.24, 2.45) is 0 Å². The second-order valence-electron chi connectivity index (χ2n) is 6.85. The smallest absolute Gasteiger partial charge is 0.0340 e. The van der Waals surface area contributed by atoms with Crippen molar-refractivity contribution in [1.82, 2.24) is 0 Å². The minimum atomic E-state index is 0.223. The summed E-state index contributed by atoms with van der Waals surface area (Å²) in [5.41, 5.74) is 4.23. The quantitative estimate of drug-likeness (QED) is 0.753. The molecule has 0 aliphatic carbocycles. The minimum Gasteiger partial charge on any atom is -0.385 e. The summed E-state index contributed by atoms with van der Waals surface area (Å²) < 4.78 is 0. The highest BCUT2D eigenvalue weighted by Gasteiger charge is 2.12. The molecule has 112 valence electrons. The number of anilines is 1. The van der Waals surface area contributed by atoms with Crippen LogP contribution < -0.4 is 5.32 Å². The van der Waals surface area contributed by atoms with Crippen molar-refractivity contribution >= 4 is 5.69 Å². The van der Waals surface area contributed by atoms with Crippen molar-refractivity contribution in [1.29, 1.82) is 0 Å². The fraction of sp³-hybridized carbons (Fsp3) is 0.400. The molecule has 2 aromatic carbocycles. The third-order valence-corrected chi connectivity index (χ3v) is 4.03. The van der Waals surface area contributed by atoms with Crippen LogP contribution in [-0.2, 0) is 5.41 Å². The minimum absolute atomic E-state index is 0.223. The van der Waals surface area contributed by atoms with Crippen molar-refractivity contribution in [2.45, 2.75) is 45.4 Å². The molecule has 0 aliphatic heterocycles. The number of hydrogen-bond donors (Lipinski definition) is 1. The van der Waals surface area contributed by atoms with Crippen LogP contribution in [0.15, 0.2) is 54.6 Å². The Bertz CT molecular complexity index is 534. The molecule has 1 unspecified atom stereocenters. The molecule has 0 heterocycles. The van der Waals surface area contributed by atoms with E-state index in [0.29, 0.717) is 5.92 Å². The molecule has 0 aliphatic rings. The zero-order valence-electron chi connectivity index (χ0n) is 13.7. The Hall–Kier alpha value is -1.76. The van der Waals surface area contributed by atoms with Gasteiger partial charge in [0.2, 0.25) is 0 Å². The highest BCUT2D eigenvalue weighted by molar-refractivity contribution is 5.45. The van der Waals surface area contributed by atoms with Crippen LogP contribution in [0, 0.1) is 0 Å². The highest BCUT2D eigenvalue weighted by Crippen LogP contribution is 2.24. The van der Waals surface area contributed by atoms with Gasteiger partial charge in [0.15, 0.2) is 0 Å². The summed E-state index contributed by atoms with van der Waals surface area (Å²) in [5.74, 6) is 0.590. The lowest BCUT2D eigenvalue weighted by molar-refractivity contribution is 0.590. The first-order chi connectivity index (χ1) is 9.97. The van der Waals surface area contributed by atoms with Crippen molar-refractivity contribution in [3.05, 3.63) is 65.7 Å². The van der Waals surface area contributed by atoms with E-state index in [4.69, 9.17) is 0 Å². The van der Waals surface area contributed by atoms with Gasteiger partial charge in [0.1, 0.15) is 0 Å². The summed E-state index contributed by atoms with van der Waals surface area (Å²) in [6, 6.07) is 19.6. The Morgan fingerprint density at radius 3 is 2.10 bits per heavy atom. The largest absolute Gasteiger partial charge is 0.385 e. The summed E-state index contributed by atoms with van der Waals surface area (Å²) in [6.07, 6.45) is 1.14. The SMILES string of the molecule is CC(CCNc1ccc(C(C)(C)C)cc1)c1ccccc1. The molecule has 1 atom stereocenters. The van der Waals surface area contributed by atoms with Crippen LogP contribution in [-0.4, -0.2) is 6.54 Å². The predicted molar refractivity (Wildman–Crippen MR) is 93.1 cm³/mol. The van der Waals surface area contributed by atoms with Gasteiger partial charge in [0, 0.05) is 12.2 Å². The zero-order chi connectivity index (χ0) is 15.3. The first-order valence-corrected chi connectivity index (χ1v) is 7.86. The average molecular weight is 281 g/mol. The van der Waals surface area contributed by atoms with E-state index in [1.54, 1.807) is 0 Å². The van der Waals surface area contributed by atoms with Crippen LogP contribution >= 0.6 is 0 Å². The van der Waals surface area contributed by atoms with Crippen LogP contribution in [0.5, 0.6) is 0 Å². The highest BCUT2D eigenvalue weighted by atomic mass is 14.9. The molecule has 0 radical (unpaired) electrons. The van der Waals surface area contributed by atoms with Crippen molar-refractivity contribution < 1.29 is 0 Å². The molecule has 1 N–H and O–H groups in total. The van der Waals surface area contributed by atoms with Crippen molar-refractivity contribution in [3.63, 3.8) is 0 Å². The second-order valence-corrected chi connectivity index (χ2v) is 6.85. The molecule has 0 saturated carbocycles. The van der Waals surface area contributed by atoms with Crippen LogP contribution in [0.25, 0.3) is 0 Å². The molecular formula is C20H27N. The zero-order valence-corrected chi connectivity index (χ0v) is 13.7. The Morgan fingerprint density at radius 2 is 1.52 bits per heavy atom. The van der Waals surface area contributed by atoms with Gasteiger partial charge in [-0.05, 0) is 41.0 Å². The Balaban J connectivity index is 1.84. The number of hydrogen-bond acceptors (Lipinski definition) is 1. The first kappa shape index (κ1) is 15.6. The van der Waals surface area contributed by atoms with Crippen LogP contribution in [0.3, 0.4) is 0 Å². The Labute approximate surface area is 129 Å². The van der Waals surface area contributed by atoms with Gasteiger partial charge in [-0.2, -0.15) is 0 Å². The third kappa shape index (κ3) is 4.63. The van der Waals surface area contributed by atoms with Gasteiger partial charge in [0.05, 0.1) is 0 Å². The maximum Gasteiger partial charge on any atom is 0.0340 e. The maximum absolute atomic E-state index is 3.52. The number of nitrogens with one attached hydrogen (secondary N) is 1. The van der Waals surface area contributed by atoms with E-state index in [9.17, 15) is 0 Å². The summed E-state index contributed by atoms with van der Waals surface area (Å²) in [6.45, 7) is 10.0. The van der Waals surface area contributed by atoms with E-state index < -0.39 is 0 Å². The number of benzene rings is 2. The van der Waals surface area contributed by atoms with Gasteiger partial charge >= 0.3 is 0 Å². The maximum atomic E-state index is 3.52. The molecular weight excluding hydrogens is 254 g/mol. The molecule has 0 aromatic heterocycles. The first-order valence-electron chi connectivity index (χ1n) is 7.86. The van der Waals surface area contributed by atoms with E-state index in [1.165, 1.54) is 16.8 Å². The van der Waals surface area contributed by atoms with E-state index in [2.05, 4.69) is 87.6 Å². The van der Waals surface area contributed by atoms with Crippen LogP contribution in [0.1, 0.15) is 51.2 Å². The average Bonchev–Trinajstić information content (AvgIpc) is 2.47. The molecule has 2 aromatic rings. The second kappa shape index (κ2) is 6.80. The molecule has 21 heavy (non-hydrogen) atoms. The molecule has 1 nitrogen and oxygen atoms in total. The van der Waals surface area contributed by atoms with Gasteiger partial charge in [-0.15, -0.1) is 0 Å². The van der Waals surface area contributed by atoms with Crippen LogP contribution in [0.2, 0.25) is 0 Å². The van der Waals surface area contributed by atoms with Gasteiger partial charge in [-0.3, -0.25) is 0 Å². The van der Waals surface area contributed by atoms with E-state index in [0.717, 1.165) is 13.0 Å². The monoisotopic (exact) mass is 281 g/mol. The summed E-state index contributed by atoms with van der Waals surface area (Å²) >= 11 is 0. The fourth-order valence-electron chi connectivity index (χ4n) is 2.47. The number of rotatable bonds is 5. The molecule has 0 bridgehead atoms. The lowest BCUT2D eigenvalue weighted by Crippen LogP contribution is -2.11.